The lowest BCUT2D eigenvalue weighted by Gasteiger charge is -2.37. The molecule has 1 aliphatic heterocycles. The number of benzene rings is 2. The predicted octanol–water partition coefficient (Wildman–Crippen LogP) is 6.08. The van der Waals surface area contributed by atoms with Crippen molar-refractivity contribution in [3.63, 3.8) is 0 Å². The van der Waals surface area contributed by atoms with Crippen LogP contribution < -0.4 is 0 Å². The Kier molecular flexibility index (Phi) is 6.44. The zero-order chi connectivity index (χ0) is 21.1. The van der Waals surface area contributed by atoms with E-state index in [1.807, 2.05) is 42.5 Å². The average Bonchev–Trinajstić information content (AvgIpc) is 2.68. The van der Waals surface area contributed by atoms with Crippen LogP contribution in [0.3, 0.4) is 0 Å². The van der Waals surface area contributed by atoms with E-state index in [0.29, 0.717) is 6.61 Å². The van der Waals surface area contributed by atoms with Crippen molar-refractivity contribution < 1.29 is 14.0 Å². The van der Waals surface area contributed by atoms with Crippen molar-refractivity contribution >= 4 is 14.3 Å². The number of esters is 1. The van der Waals surface area contributed by atoms with E-state index in [1.165, 1.54) is 0 Å². The molecule has 154 valence electrons. The van der Waals surface area contributed by atoms with Gasteiger partial charge < -0.3 is 9.16 Å². The number of hydrogen-bond donors (Lipinski definition) is 0. The highest BCUT2D eigenvalue weighted by Gasteiger charge is 2.43. The summed E-state index contributed by atoms with van der Waals surface area (Å²) in [5.74, 6) is -0.207. The molecule has 29 heavy (non-hydrogen) atoms. The van der Waals surface area contributed by atoms with Gasteiger partial charge >= 0.3 is 5.97 Å². The maximum atomic E-state index is 12.2. The first-order valence-corrected chi connectivity index (χ1v) is 13.3. The van der Waals surface area contributed by atoms with Gasteiger partial charge in [-0.3, -0.25) is 0 Å². The molecule has 0 spiro atoms. The molecule has 4 heteroatoms. The van der Waals surface area contributed by atoms with E-state index in [-0.39, 0.29) is 23.0 Å². The topological polar surface area (TPSA) is 35.5 Å². The van der Waals surface area contributed by atoms with E-state index in [1.54, 1.807) is 0 Å². The largest absolute Gasteiger partial charge is 0.453 e. The summed E-state index contributed by atoms with van der Waals surface area (Å²) in [7, 11) is -1.78. The van der Waals surface area contributed by atoms with Crippen LogP contribution in [0.25, 0.3) is 0 Å². The minimum Gasteiger partial charge on any atom is -0.453 e. The first-order valence-electron chi connectivity index (χ1n) is 10.4. The first kappa shape index (κ1) is 21.5. The minimum absolute atomic E-state index is 0.00246. The molecule has 2 aromatic carbocycles. The number of hydrogen-bond acceptors (Lipinski definition) is 3. The molecule has 0 radical (unpaired) electrons. The Morgan fingerprint density at radius 1 is 1.00 bits per heavy atom. The molecule has 2 aromatic rings. The van der Waals surface area contributed by atoms with Crippen LogP contribution in [0.15, 0.2) is 72.3 Å². The van der Waals surface area contributed by atoms with Crippen molar-refractivity contribution in [3.05, 3.63) is 83.4 Å². The van der Waals surface area contributed by atoms with Gasteiger partial charge in [0.15, 0.2) is 8.32 Å². The minimum atomic E-state index is -1.78. The van der Waals surface area contributed by atoms with Gasteiger partial charge in [-0.25, -0.2) is 4.79 Å². The van der Waals surface area contributed by atoms with Crippen LogP contribution in [0.2, 0.25) is 18.1 Å². The molecule has 1 atom stereocenters. The van der Waals surface area contributed by atoms with Crippen LogP contribution in [0.4, 0.5) is 0 Å². The van der Waals surface area contributed by atoms with Crippen LogP contribution in [-0.4, -0.2) is 27.0 Å². The number of carbonyl (C=O) groups excluding carboxylic acids is 1. The molecular weight excluding hydrogens is 376 g/mol. The number of cyclic esters (lactones) is 1. The molecular formula is C25H32O3Si. The summed E-state index contributed by atoms with van der Waals surface area (Å²) < 4.78 is 11.9. The van der Waals surface area contributed by atoms with Crippen molar-refractivity contribution in [3.8, 4) is 0 Å². The third kappa shape index (κ3) is 4.88. The van der Waals surface area contributed by atoms with E-state index in [2.05, 4.69) is 58.1 Å². The fraction of sp³-hybridized carbons (Fsp3) is 0.400. The highest BCUT2D eigenvalue weighted by molar-refractivity contribution is 6.74. The van der Waals surface area contributed by atoms with Gasteiger partial charge in [0.25, 0.3) is 0 Å². The van der Waals surface area contributed by atoms with Gasteiger partial charge in [0.05, 0.1) is 11.5 Å². The quantitative estimate of drug-likeness (QED) is 0.241. The number of rotatable bonds is 7. The van der Waals surface area contributed by atoms with Gasteiger partial charge in [0.1, 0.15) is 6.10 Å². The van der Waals surface area contributed by atoms with Crippen LogP contribution in [0.5, 0.6) is 0 Å². The van der Waals surface area contributed by atoms with Crippen molar-refractivity contribution in [2.24, 2.45) is 0 Å². The highest BCUT2D eigenvalue weighted by atomic mass is 28.4. The summed E-state index contributed by atoms with van der Waals surface area (Å²) in [5, 5.41) is 0.184. The molecule has 1 fully saturated rings. The normalized spacial score (nSPS) is 18.6. The molecule has 1 aliphatic rings. The van der Waals surface area contributed by atoms with Crippen molar-refractivity contribution in [1.82, 2.24) is 0 Å². The van der Waals surface area contributed by atoms with Gasteiger partial charge in [0, 0.05) is 6.61 Å². The third-order valence-corrected chi connectivity index (χ3v) is 10.7. The summed E-state index contributed by atoms with van der Waals surface area (Å²) in [6, 6.07) is 20.5. The van der Waals surface area contributed by atoms with Gasteiger partial charge in [-0.1, -0.05) is 87.5 Å². The standard InChI is InChI=1S/C25H32O3Si/c1-25(2,3)29(4,5)27-18-12-17-21-23(28-24(21)26)22(19-13-8-6-9-14-19)20-15-10-7-11-16-20/h6-11,13-17,22-23H,12,18H2,1-5H3/b21-17-. The van der Waals surface area contributed by atoms with Crippen molar-refractivity contribution in [1.29, 1.82) is 0 Å². The summed E-state index contributed by atoms with van der Waals surface area (Å²) in [6.07, 6.45) is 2.49. The summed E-state index contributed by atoms with van der Waals surface area (Å²) in [6.45, 7) is 11.9. The third-order valence-electron chi connectivity index (χ3n) is 6.15. The van der Waals surface area contributed by atoms with Crippen LogP contribution in [-0.2, 0) is 14.0 Å². The molecule has 3 rings (SSSR count). The van der Waals surface area contributed by atoms with E-state index in [9.17, 15) is 4.79 Å². The molecule has 0 amide bonds. The lowest BCUT2D eigenvalue weighted by atomic mass is 9.81. The Hall–Kier alpha value is -2.17. The van der Waals surface area contributed by atoms with Gasteiger partial charge in [-0.2, -0.15) is 0 Å². The fourth-order valence-corrected chi connectivity index (χ4v) is 4.42. The lowest BCUT2D eigenvalue weighted by Crippen LogP contribution is -2.42. The Balaban J connectivity index is 1.76. The summed E-state index contributed by atoms with van der Waals surface area (Å²) in [4.78, 5) is 12.2. The van der Waals surface area contributed by atoms with Gasteiger partial charge in [-0.15, -0.1) is 0 Å². The second kappa shape index (κ2) is 8.68. The molecule has 3 nitrogen and oxygen atoms in total. The maximum absolute atomic E-state index is 12.2. The van der Waals surface area contributed by atoms with Gasteiger partial charge in [0.2, 0.25) is 0 Å². The molecule has 0 bridgehead atoms. The molecule has 1 heterocycles. The number of carbonyl (C=O) groups is 1. The van der Waals surface area contributed by atoms with E-state index in [4.69, 9.17) is 9.16 Å². The van der Waals surface area contributed by atoms with Crippen LogP contribution in [0, 0.1) is 0 Å². The highest BCUT2D eigenvalue weighted by Crippen LogP contribution is 2.39. The second-order valence-corrected chi connectivity index (χ2v) is 14.0. The molecule has 1 saturated heterocycles. The Labute approximate surface area is 175 Å². The Morgan fingerprint density at radius 2 is 1.52 bits per heavy atom. The second-order valence-electron chi connectivity index (χ2n) is 9.18. The summed E-state index contributed by atoms with van der Waals surface area (Å²) in [5.41, 5.74) is 3.07. The Morgan fingerprint density at radius 3 is 1.97 bits per heavy atom. The average molecular weight is 409 g/mol. The summed E-state index contributed by atoms with van der Waals surface area (Å²) >= 11 is 0. The van der Waals surface area contributed by atoms with Crippen molar-refractivity contribution in [2.45, 2.75) is 57.3 Å². The number of ether oxygens (including phenoxy) is 1. The van der Waals surface area contributed by atoms with E-state index in [0.717, 1.165) is 23.1 Å². The van der Waals surface area contributed by atoms with Crippen LogP contribution >= 0.6 is 0 Å². The van der Waals surface area contributed by atoms with E-state index >= 15 is 0 Å². The lowest BCUT2D eigenvalue weighted by molar-refractivity contribution is -0.157. The monoisotopic (exact) mass is 408 g/mol. The zero-order valence-corrected chi connectivity index (χ0v) is 19.1. The smallest absolute Gasteiger partial charge is 0.338 e. The molecule has 0 N–H and O–H groups in total. The van der Waals surface area contributed by atoms with Gasteiger partial charge in [-0.05, 0) is 35.7 Å². The predicted molar refractivity (Wildman–Crippen MR) is 120 cm³/mol. The SMILES string of the molecule is CC(C)(C)[Si](C)(C)OCC/C=C1\C(=O)OC1C(c1ccccc1)c1ccccc1. The van der Waals surface area contributed by atoms with E-state index < -0.39 is 8.32 Å². The molecule has 1 unspecified atom stereocenters. The molecule has 0 aliphatic carbocycles. The maximum Gasteiger partial charge on any atom is 0.338 e. The fourth-order valence-electron chi connectivity index (χ4n) is 3.36. The molecule has 0 saturated carbocycles. The van der Waals surface area contributed by atoms with Crippen LogP contribution in [0.1, 0.15) is 44.2 Å². The first-order chi connectivity index (χ1) is 13.7. The van der Waals surface area contributed by atoms with Crippen molar-refractivity contribution in [2.75, 3.05) is 6.61 Å². The Bertz CT molecular complexity index is 811. The molecule has 0 aromatic heterocycles. The zero-order valence-electron chi connectivity index (χ0n) is 18.1.